The second-order valence-corrected chi connectivity index (χ2v) is 7.88. The maximum atomic E-state index is 13.5. The molecular weight excluding hydrogens is 425 g/mol. The number of fused-ring (bicyclic) bond motifs is 1. The van der Waals surface area contributed by atoms with E-state index in [4.69, 9.17) is 19.8 Å². The summed E-state index contributed by atoms with van der Waals surface area (Å²) in [6, 6.07) is 8.68. The molecule has 172 valence electrons. The van der Waals surface area contributed by atoms with Crippen molar-refractivity contribution in [3.05, 3.63) is 59.7 Å². The number of nitrogens with one attached hydrogen (secondary N) is 1. The molecule has 33 heavy (non-hydrogen) atoms. The number of carbonyl (C=O) groups excluding carboxylic acids is 1. The number of hydrogen-bond donors (Lipinski definition) is 2. The van der Waals surface area contributed by atoms with Gasteiger partial charge in [0.05, 0.1) is 6.61 Å². The van der Waals surface area contributed by atoms with E-state index in [1.54, 1.807) is 37.4 Å². The van der Waals surface area contributed by atoms with E-state index in [0.717, 1.165) is 30.5 Å². The highest BCUT2D eigenvalue weighted by Gasteiger charge is 2.27. The molecule has 0 aliphatic heterocycles. The predicted molar refractivity (Wildman–Crippen MR) is 123 cm³/mol. The van der Waals surface area contributed by atoms with Crippen molar-refractivity contribution >= 4 is 17.4 Å². The highest BCUT2D eigenvalue weighted by atomic mass is 19.1. The molecule has 1 aromatic carbocycles. The normalized spacial score (nSPS) is 13.3. The Bertz CT molecular complexity index is 1160. The molecule has 0 bridgehead atoms. The number of nitrogens with zero attached hydrogens (tertiary/aromatic N) is 4. The Morgan fingerprint density at radius 2 is 2.12 bits per heavy atom. The first-order chi connectivity index (χ1) is 16.0. The number of aryl methyl sites for hydroxylation is 1. The molecular formula is C24H26FN5O3. The van der Waals surface area contributed by atoms with Crippen molar-refractivity contribution in [2.24, 2.45) is 0 Å². The lowest BCUT2D eigenvalue weighted by molar-refractivity contribution is -0.117. The number of rotatable bonds is 8. The SMILES string of the molecule is CC(C(=O)Nc1cccc(F)c1)N(C)c1nc(-c2cc(OCCO)ccn2)nc2c1CCC2. The summed E-state index contributed by atoms with van der Waals surface area (Å²) in [7, 11) is 1.81. The molecule has 9 heteroatoms. The molecule has 1 unspecified atom stereocenters. The molecule has 0 spiro atoms. The van der Waals surface area contributed by atoms with Crippen LogP contribution in [0, 0.1) is 5.82 Å². The van der Waals surface area contributed by atoms with Crippen molar-refractivity contribution in [1.29, 1.82) is 0 Å². The fourth-order valence-corrected chi connectivity index (χ4v) is 3.78. The first-order valence-corrected chi connectivity index (χ1v) is 10.9. The molecule has 1 atom stereocenters. The van der Waals surface area contributed by atoms with E-state index in [1.807, 2.05) is 11.9 Å². The Kier molecular flexibility index (Phi) is 6.79. The molecule has 4 rings (SSSR count). The van der Waals surface area contributed by atoms with Crippen molar-refractivity contribution in [1.82, 2.24) is 15.0 Å². The van der Waals surface area contributed by atoms with Gasteiger partial charge in [-0.25, -0.2) is 14.4 Å². The quantitative estimate of drug-likeness (QED) is 0.543. The zero-order valence-corrected chi connectivity index (χ0v) is 18.6. The van der Waals surface area contributed by atoms with E-state index in [2.05, 4.69) is 10.3 Å². The van der Waals surface area contributed by atoms with Gasteiger partial charge in [-0.05, 0) is 50.5 Å². The average Bonchev–Trinajstić information content (AvgIpc) is 3.30. The van der Waals surface area contributed by atoms with E-state index in [1.165, 1.54) is 12.1 Å². The van der Waals surface area contributed by atoms with Crippen LogP contribution in [0.5, 0.6) is 5.75 Å². The van der Waals surface area contributed by atoms with E-state index in [9.17, 15) is 9.18 Å². The Hall–Kier alpha value is -3.59. The fourth-order valence-electron chi connectivity index (χ4n) is 3.78. The zero-order chi connectivity index (χ0) is 23.4. The number of aliphatic hydroxyl groups is 1. The van der Waals surface area contributed by atoms with E-state index < -0.39 is 11.9 Å². The molecule has 3 aromatic rings. The van der Waals surface area contributed by atoms with Gasteiger partial charge in [0.25, 0.3) is 0 Å². The van der Waals surface area contributed by atoms with Crippen LogP contribution in [-0.4, -0.2) is 52.3 Å². The Labute approximate surface area is 191 Å². The third-order valence-corrected chi connectivity index (χ3v) is 5.62. The summed E-state index contributed by atoms with van der Waals surface area (Å²) in [6.07, 6.45) is 4.24. The summed E-state index contributed by atoms with van der Waals surface area (Å²) < 4.78 is 19.0. The molecule has 0 fully saturated rings. The first kappa shape index (κ1) is 22.6. The third-order valence-electron chi connectivity index (χ3n) is 5.62. The molecule has 1 aliphatic carbocycles. The third kappa shape index (κ3) is 5.09. The van der Waals surface area contributed by atoms with Crippen molar-refractivity contribution in [2.45, 2.75) is 32.2 Å². The second-order valence-electron chi connectivity index (χ2n) is 7.88. The van der Waals surface area contributed by atoms with Crippen molar-refractivity contribution in [2.75, 3.05) is 30.5 Å². The van der Waals surface area contributed by atoms with Gasteiger partial charge >= 0.3 is 0 Å². The lowest BCUT2D eigenvalue weighted by Gasteiger charge is -2.27. The maximum absolute atomic E-state index is 13.5. The number of halogens is 1. The Morgan fingerprint density at radius 3 is 2.91 bits per heavy atom. The first-order valence-electron chi connectivity index (χ1n) is 10.9. The molecule has 0 saturated carbocycles. The molecule has 1 aliphatic rings. The van der Waals surface area contributed by atoms with Crippen LogP contribution in [0.2, 0.25) is 0 Å². The topological polar surface area (TPSA) is 100 Å². The van der Waals surface area contributed by atoms with Crippen LogP contribution in [0.4, 0.5) is 15.9 Å². The minimum Gasteiger partial charge on any atom is -0.491 e. The number of likely N-dealkylation sites (N-methyl/N-ethyl adjacent to an activating group) is 1. The summed E-state index contributed by atoms with van der Waals surface area (Å²) in [5.74, 6) is 1.01. The van der Waals surface area contributed by atoms with Gasteiger partial charge in [-0.15, -0.1) is 0 Å². The number of ether oxygens (including phenoxy) is 1. The van der Waals surface area contributed by atoms with Crippen molar-refractivity contribution in [3.63, 3.8) is 0 Å². The summed E-state index contributed by atoms with van der Waals surface area (Å²) in [5.41, 5.74) is 2.92. The maximum Gasteiger partial charge on any atom is 0.246 e. The van der Waals surface area contributed by atoms with Crippen LogP contribution in [0.25, 0.3) is 11.5 Å². The number of aromatic nitrogens is 3. The number of carbonyl (C=O) groups is 1. The van der Waals surface area contributed by atoms with Crippen LogP contribution in [-0.2, 0) is 17.6 Å². The predicted octanol–water partition coefficient (Wildman–Crippen LogP) is 3.00. The minimum atomic E-state index is -0.562. The number of amides is 1. The van der Waals surface area contributed by atoms with Crippen LogP contribution in [0.3, 0.4) is 0 Å². The summed E-state index contributed by atoms with van der Waals surface area (Å²) in [6.45, 7) is 1.87. The van der Waals surface area contributed by atoms with Gasteiger partial charge in [0, 0.05) is 36.3 Å². The van der Waals surface area contributed by atoms with Gasteiger partial charge in [0.2, 0.25) is 5.91 Å². The monoisotopic (exact) mass is 451 g/mol. The number of benzene rings is 1. The number of anilines is 2. The highest BCUT2D eigenvalue weighted by molar-refractivity contribution is 5.96. The number of pyridine rings is 1. The lowest BCUT2D eigenvalue weighted by atomic mass is 10.1. The van der Waals surface area contributed by atoms with Crippen molar-refractivity contribution < 1.29 is 19.0 Å². The van der Waals surface area contributed by atoms with E-state index in [-0.39, 0.29) is 19.1 Å². The van der Waals surface area contributed by atoms with E-state index in [0.29, 0.717) is 28.8 Å². The molecule has 2 heterocycles. The van der Waals surface area contributed by atoms with Gasteiger partial charge in [0.1, 0.15) is 35.7 Å². The van der Waals surface area contributed by atoms with Gasteiger partial charge in [-0.2, -0.15) is 0 Å². The highest BCUT2D eigenvalue weighted by Crippen LogP contribution is 2.32. The zero-order valence-electron chi connectivity index (χ0n) is 18.6. The number of aliphatic hydroxyl groups excluding tert-OH is 1. The second kappa shape index (κ2) is 9.91. The number of hydrogen-bond acceptors (Lipinski definition) is 7. The molecule has 8 nitrogen and oxygen atoms in total. The standard InChI is InChI=1S/C24H26FN5O3/c1-15(24(32)27-17-6-3-5-16(25)13-17)30(2)23-19-7-4-8-20(19)28-22(29-23)21-14-18(9-10-26-21)33-12-11-31/h3,5-6,9-10,13-15,31H,4,7-8,11-12H2,1-2H3,(H,27,32). The van der Waals surface area contributed by atoms with E-state index >= 15 is 0 Å². The largest absolute Gasteiger partial charge is 0.491 e. The molecule has 1 amide bonds. The lowest BCUT2D eigenvalue weighted by Crippen LogP contribution is -2.40. The Morgan fingerprint density at radius 1 is 1.27 bits per heavy atom. The summed E-state index contributed by atoms with van der Waals surface area (Å²) >= 11 is 0. The van der Waals surface area contributed by atoms with Gasteiger partial charge < -0.3 is 20.1 Å². The van der Waals surface area contributed by atoms with Crippen LogP contribution in [0.1, 0.15) is 24.6 Å². The molecule has 2 N–H and O–H groups in total. The van der Waals surface area contributed by atoms with Gasteiger partial charge in [0.15, 0.2) is 5.82 Å². The average molecular weight is 452 g/mol. The Balaban J connectivity index is 1.62. The summed E-state index contributed by atoms with van der Waals surface area (Å²) in [5, 5.41) is 11.8. The van der Waals surface area contributed by atoms with Crippen LogP contribution in [0.15, 0.2) is 42.6 Å². The minimum absolute atomic E-state index is 0.0858. The molecule has 2 aromatic heterocycles. The smallest absolute Gasteiger partial charge is 0.246 e. The van der Waals surface area contributed by atoms with Gasteiger partial charge in [-0.3, -0.25) is 9.78 Å². The van der Waals surface area contributed by atoms with Crippen LogP contribution >= 0.6 is 0 Å². The van der Waals surface area contributed by atoms with Crippen LogP contribution < -0.4 is 15.0 Å². The fraction of sp³-hybridized carbons (Fsp3) is 0.333. The molecule has 0 radical (unpaired) electrons. The van der Waals surface area contributed by atoms with Crippen molar-refractivity contribution in [3.8, 4) is 17.3 Å². The molecule has 0 saturated heterocycles. The summed E-state index contributed by atoms with van der Waals surface area (Å²) in [4.78, 5) is 28.6. The van der Waals surface area contributed by atoms with Gasteiger partial charge in [-0.1, -0.05) is 6.07 Å².